The molecule has 4 amide bonds. The highest BCUT2D eigenvalue weighted by atomic mass is 35.5. The number of hydrogen-bond acceptors (Lipinski definition) is 4. The Balaban J connectivity index is 1.44. The standard InChI is InChI=1S/C25H27ClN4O4/c1-25-13-12-22(32)30(25)20-8-5-4-7-17(20)24(34)29(25)14-6-9-21(31)27-19-15-16(10-11-18(19)26)23(33)28(2)3/h4-5,7-8,10-11,15H,6,9,12-14H2,1-3H3,(H,27,31). The Bertz CT molecular complexity index is 1180. The number of anilines is 2. The van der Waals surface area contributed by atoms with E-state index in [0.717, 1.165) is 0 Å². The fourth-order valence-electron chi connectivity index (χ4n) is 4.66. The molecule has 9 heteroatoms. The quantitative estimate of drug-likeness (QED) is 0.678. The fraction of sp³-hybridized carbons (Fsp3) is 0.360. The zero-order valence-corrected chi connectivity index (χ0v) is 20.2. The summed E-state index contributed by atoms with van der Waals surface area (Å²) >= 11 is 6.21. The number of rotatable bonds is 6. The van der Waals surface area contributed by atoms with Gasteiger partial charge in [0.2, 0.25) is 11.8 Å². The Labute approximate surface area is 203 Å². The monoisotopic (exact) mass is 482 g/mol. The van der Waals surface area contributed by atoms with Gasteiger partial charge in [-0.15, -0.1) is 0 Å². The molecule has 0 spiro atoms. The van der Waals surface area contributed by atoms with E-state index in [0.29, 0.717) is 53.3 Å². The number of carbonyl (C=O) groups excluding carboxylic acids is 4. The maximum atomic E-state index is 13.3. The summed E-state index contributed by atoms with van der Waals surface area (Å²) in [4.78, 5) is 55.6. The van der Waals surface area contributed by atoms with Gasteiger partial charge in [0.05, 0.1) is 22.0 Å². The van der Waals surface area contributed by atoms with Gasteiger partial charge in [0, 0.05) is 39.0 Å². The molecular weight excluding hydrogens is 456 g/mol. The van der Waals surface area contributed by atoms with Crippen LogP contribution in [0.4, 0.5) is 11.4 Å². The molecule has 0 radical (unpaired) electrons. The summed E-state index contributed by atoms with van der Waals surface area (Å²) in [6.45, 7) is 2.23. The minimum Gasteiger partial charge on any atom is -0.345 e. The Morgan fingerprint density at radius 3 is 2.62 bits per heavy atom. The number of para-hydroxylation sites is 1. The largest absolute Gasteiger partial charge is 0.345 e. The summed E-state index contributed by atoms with van der Waals surface area (Å²) in [6, 6.07) is 11.9. The molecule has 0 aliphatic carbocycles. The van der Waals surface area contributed by atoms with Crippen molar-refractivity contribution in [1.29, 1.82) is 0 Å². The lowest BCUT2D eigenvalue weighted by atomic mass is 9.98. The average molecular weight is 483 g/mol. The van der Waals surface area contributed by atoms with E-state index in [1.54, 1.807) is 60.3 Å². The summed E-state index contributed by atoms with van der Waals surface area (Å²) in [5.74, 6) is -0.611. The van der Waals surface area contributed by atoms with Crippen LogP contribution in [0.5, 0.6) is 0 Å². The van der Waals surface area contributed by atoms with E-state index in [2.05, 4.69) is 5.32 Å². The number of nitrogens with zero attached hydrogens (tertiary/aromatic N) is 3. The van der Waals surface area contributed by atoms with E-state index in [4.69, 9.17) is 11.6 Å². The van der Waals surface area contributed by atoms with E-state index in [-0.39, 0.29) is 30.0 Å². The van der Waals surface area contributed by atoms with Crippen LogP contribution in [0.3, 0.4) is 0 Å². The van der Waals surface area contributed by atoms with Gasteiger partial charge in [0.1, 0.15) is 5.66 Å². The average Bonchev–Trinajstić information content (AvgIpc) is 3.12. The Morgan fingerprint density at radius 2 is 1.88 bits per heavy atom. The molecule has 2 aromatic rings. The van der Waals surface area contributed by atoms with Gasteiger partial charge in [-0.25, -0.2) is 0 Å². The van der Waals surface area contributed by atoms with Crippen molar-refractivity contribution in [2.24, 2.45) is 0 Å². The Morgan fingerprint density at radius 1 is 1.15 bits per heavy atom. The lowest BCUT2D eigenvalue weighted by Crippen LogP contribution is -2.62. The van der Waals surface area contributed by atoms with Gasteiger partial charge in [0.15, 0.2) is 0 Å². The second-order valence-electron chi connectivity index (χ2n) is 8.97. The minimum absolute atomic E-state index is 0.00742. The Kier molecular flexibility index (Phi) is 6.36. The first kappa shape index (κ1) is 23.8. The first-order valence-electron chi connectivity index (χ1n) is 11.2. The lowest BCUT2D eigenvalue weighted by Gasteiger charge is -2.48. The molecule has 1 unspecified atom stereocenters. The number of nitrogens with one attached hydrogen (secondary N) is 1. The molecule has 1 saturated heterocycles. The normalized spacial score (nSPS) is 19.1. The highest BCUT2D eigenvalue weighted by molar-refractivity contribution is 6.33. The molecule has 1 atom stereocenters. The van der Waals surface area contributed by atoms with Crippen LogP contribution in [0.1, 0.15) is 53.3 Å². The summed E-state index contributed by atoms with van der Waals surface area (Å²) in [5, 5.41) is 3.09. The molecular formula is C25H27ClN4O4. The smallest absolute Gasteiger partial charge is 0.257 e. The molecule has 1 N–H and O–H groups in total. The molecule has 2 aromatic carbocycles. The molecule has 34 heavy (non-hydrogen) atoms. The first-order chi connectivity index (χ1) is 16.1. The number of carbonyl (C=O) groups is 4. The second-order valence-corrected chi connectivity index (χ2v) is 9.37. The molecule has 8 nitrogen and oxygen atoms in total. The van der Waals surface area contributed by atoms with Crippen molar-refractivity contribution in [3.63, 3.8) is 0 Å². The minimum atomic E-state index is -0.747. The van der Waals surface area contributed by atoms with E-state index in [1.165, 1.54) is 4.90 Å². The third-order valence-electron chi connectivity index (χ3n) is 6.42. The van der Waals surface area contributed by atoms with Crippen LogP contribution >= 0.6 is 11.6 Å². The maximum Gasteiger partial charge on any atom is 0.257 e. The SMILES string of the molecule is CN(C)C(=O)c1ccc(Cl)c(NC(=O)CCCN2C(=O)c3ccccc3N3C(=O)CCC23C)c1. The first-order valence-corrected chi connectivity index (χ1v) is 11.6. The van der Waals surface area contributed by atoms with E-state index in [9.17, 15) is 19.2 Å². The predicted molar refractivity (Wildman–Crippen MR) is 130 cm³/mol. The third kappa shape index (κ3) is 4.14. The van der Waals surface area contributed by atoms with E-state index in [1.807, 2.05) is 13.0 Å². The van der Waals surface area contributed by atoms with Gasteiger partial charge in [-0.2, -0.15) is 0 Å². The molecule has 178 valence electrons. The number of halogens is 1. The molecule has 2 heterocycles. The summed E-state index contributed by atoms with van der Waals surface area (Å²) in [5.41, 5.74) is 1.17. The van der Waals surface area contributed by atoms with Crippen LogP contribution in [0, 0.1) is 0 Å². The second kappa shape index (κ2) is 9.10. The fourth-order valence-corrected chi connectivity index (χ4v) is 4.83. The van der Waals surface area contributed by atoms with Crippen molar-refractivity contribution < 1.29 is 19.2 Å². The van der Waals surface area contributed by atoms with Crippen molar-refractivity contribution in [2.75, 3.05) is 30.9 Å². The van der Waals surface area contributed by atoms with E-state index >= 15 is 0 Å². The van der Waals surface area contributed by atoms with Gasteiger partial charge < -0.3 is 15.1 Å². The van der Waals surface area contributed by atoms with Gasteiger partial charge in [-0.1, -0.05) is 23.7 Å². The van der Waals surface area contributed by atoms with Gasteiger partial charge in [-0.3, -0.25) is 24.1 Å². The predicted octanol–water partition coefficient (Wildman–Crippen LogP) is 3.76. The lowest BCUT2D eigenvalue weighted by molar-refractivity contribution is -0.118. The summed E-state index contributed by atoms with van der Waals surface area (Å²) < 4.78 is 0. The molecule has 1 fully saturated rings. The topological polar surface area (TPSA) is 90.0 Å². The molecule has 2 aliphatic heterocycles. The van der Waals surface area contributed by atoms with E-state index < -0.39 is 5.66 Å². The molecule has 0 saturated carbocycles. The zero-order chi connectivity index (χ0) is 24.6. The van der Waals surface area contributed by atoms with Crippen LogP contribution < -0.4 is 10.2 Å². The Hall–Kier alpha value is -3.39. The van der Waals surface area contributed by atoms with Crippen molar-refractivity contribution in [2.45, 2.75) is 38.3 Å². The van der Waals surface area contributed by atoms with Crippen LogP contribution in [0.2, 0.25) is 5.02 Å². The summed E-state index contributed by atoms with van der Waals surface area (Å²) in [6.07, 6.45) is 1.47. The summed E-state index contributed by atoms with van der Waals surface area (Å²) in [7, 11) is 3.30. The molecule has 0 bridgehead atoms. The van der Waals surface area contributed by atoms with Gasteiger partial charge in [0.25, 0.3) is 11.8 Å². The number of hydrogen-bond donors (Lipinski definition) is 1. The third-order valence-corrected chi connectivity index (χ3v) is 6.75. The van der Waals surface area contributed by atoms with Crippen molar-refractivity contribution in [3.8, 4) is 0 Å². The highest BCUT2D eigenvalue weighted by Gasteiger charge is 2.52. The zero-order valence-electron chi connectivity index (χ0n) is 19.4. The van der Waals surface area contributed by atoms with Crippen molar-refractivity contribution in [1.82, 2.24) is 9.80 Å². The van der Waals surface area contributed by atoms with Crippen LogP contribution in [0.25, 0.3) is 0 Å². The van der Waals surface area contributed by atoms with Gasteiger partial charge >= 0.3 is 0 Å². The molecule has 2 aliphatic rings. The van der Waals surface area contributed by atoms with Crippen LogP contribution in [-0.4, -0.2) is 59.7 Å². The maximum absolute atomic E-state index is 13.3. The van der Waals surface area contributed by atoms with Crippen molar-refractivity contribution in [3.05, 3.63) is 58.6 Å². The van der Waals surface area contributed by atoms with Gasteiger partial charge in [-0.05, 0) is 50.1 Å². The molecule has 4 rings (SSSR count). The van der Waals surface area contributed by atoms with Crippen molar-refractivity contribution >= 4 is 46.6 Å². The highest BCUT2D eigenvalue weighted by Crippen LogP contribution is 2.44. The van der Waals surface area contributed by atoms with Crippen LogP contribution in [0.15, 0.2) is 42.5 Å². The number of fused-ring (bicyclic) bond motifs is 3. The number of amides is 4. The number of benzene rings is 2. The molecule has 0 aromatic heterocycles. The van der Waals surface area contributed by atoms with Crippen LogP contribution in [-0.2, 0) is 9.59 Å².